The van der Waals surface area contributed by atoms with Crippen LogP contribution < -0.4 is 5.32 Å². The van der Waals surface area contributed by atoms with Gasteiger partial charge in [0.2, 0.25) is 0 Å². The van der Waals surface area contributed by atoms with Gasteiger partial charge in [-0.25, -0.2) is 8.42 Å². The molecule has 1 aromatic heterocycles. The molecule has 1 aromatic rings. The molecule has 2 rings (SSSR count). The summed E-state index contributed by atoms with van der Waals surface area (Å²) in [4.78, 5) is 24.1. The summed E-state index contributed by atoms with van der Waals surface area (Å²) in [6.45, 7) is 0. The largest absolute Gasteiger partial charge is 0.340 e. The summed E-state index contributed by atoms with van der Waals surface area (Å²) < 4.78 is 21.7. The highest BCUT2D eigenvalue weighted by Crippen LogP contribution is 2.27. The molecule has 0 spiro atoms. The van der Waals surface area contributed by atoms with E-state index in [0.29, 0.717) is 0 Å². The lowest BCUT2D eigenvalue weighted by Crippen LogP contribution is -2.14. The number of amides is 1. The van der Waals surface area contributed by atoms with Crippen LogP contribution in [0.4, 0.5) is 5.69 Å². The van der Waals surface area contributed by atoms with Crippen molar-refractivity contribution in [3.63, 3.8) is 0 Å². The summed E-state index contributed by atoms with van der Waals surface area (Å²) in [5, 5.41) is 1.89. The van der Waals surface area contributed by atoms with Crippen LogP contribution in [0.3, 0.4) is 0 Å². The fourth-order valence-corrected chi connectivity index (χ4v) is 1.86. The minimum atomic E-state index is -3.91. The number of H-pyrrole nitrogens is 1. The normalized spacial score (nSPS) is 15.5. The van der Waals surface area contributed by atoms with E-state index in [1.165, 1.54) is 0 Å². The third kappa shape index (κ3) is 1.21. The molecule has 0 aromatic carbocycles. The van der Waals surface area contributed by atoms with Crippen LogP contribution in [-0.2, 0) is 13.8 Å². The first-order valence-electron chi connectivity index (χ1n) is 3.43. The summed E-state index contributed by atoms with van der Waals surface area (Å²) in [6.07, 6.45) is 0. The van der Waals surface area contributed by atoms with Crippen molar-refractivity contribution >= 4 is 37.1 Å². The molecule has 1 aliphatic heterocycles. The molecule has 1 aliphatic rings. The standard InChI is InChI=1S/C6H3ClN2O4S/c7-14(12,13)3-1-2-4(9-3)5(10)6(11)8-2/h1,9H,(H,8,10,11). The summed E-state index contributed by atoms with van der Waals surface area (Å²) in [5.74, 6) is -1.59. The zero-order valence-electron chi connectivity index (χ0n) is 6.50. The number of aromatic nitrogens is 1. The highest BCUT2D eigenvalue weighted by Gasteiger charge is 2.32. The SMILES string of the molecule is O=C1Nc2cc(S(=O)(=O)Cl)[nH]c2C1=O. The van der Waals surface area contributed by atoms with Crippen molar-refractivity contribution in [3.8, 4) is 0 Å². The molecule has 8 heteroatoms. The van der Waals surface area contributed by atoms with Gasteiger partial charge < -0.3 is 10.3 Å². The Kier molecular flexibility index (Phi) is 1.70. The second kappa shape index (κ2) is 2.58. The Labute approximate surface area is 82.7 Å². The predicted octanol–water partition coefficient (Wildman–Crippen LogP) is 0.0770. The number of Topliss-reactive ketones (excluding diaryl/α,β-unsaturated/α-hetero) is 1. The molecule has 0 fully saturated rings. The van der Waals surface area contributed by atoms with Crippen molar-refractivity contribution in [2.24, 2.45) is 0 Å². The number of nitrogens with one attached hydrogen (secondary N) is 2. The molecule has 14 heavy (non-hydrogen) atoms. The molecule has 74 valence electrons. The van der Waals surface area contributed by atoms with Crippen LogP contribution >= 0.6 is 10.7 Å². The molecule has 0 aliphatic carbocycles. The third-order valence-electron chi connectivity index (χ3n) is 1.74. The van der Waals surface area contributed by atoms with E-state index in [0.717, 1.165) is 6.07 Å². The fourth-order valence-electron chi connectivity index (χ4n) is 1.13. The van der Waals surface area contributed by atoms with Crippen molar-refractivity contribution < 1.29 is 18.0 Å². The van der Waals surface area contributed by atoms with E-state index in [1.807, 2.05) is 0 Å². The van der Waals surface area contributed by atoms with E-state index in [1.54, 1.807) is 0 Å². The minimum absolute atomic E-state index is 0.0748. The average Bonchev–Trinajstić information content (AvgIpc) is 2.54. The molecule has 0 unspecified atom stereocenters. The average molecular weight is 235 g/mol. The Bertz CT molecular complexity index is 544. The smallest absolute Gasteiger partial charge is 0.298 e. The zero-order chi connectivity index (χ0) is 10.5. The van der Waals surface area contributed by atoms with Gasteiger partial charge in [0, 0.05) is 16.7 Å². The number of aromatic amines is 1. The Balaban J connectivity index is 2.59. The van der Waals surface area contributed by atoms with Crippen molar-refractivity contribution in [1.29, 1.82) is 0 Å². The first-order chi connectivity index (χ1) is 6.39. The van der Waals surface area contributed by atoms with E-state index in [2.05, 4.69) is 10.3 Å². The molecule has 0 radical (unpaired) electrons. The fraction of sp³-hybridized carbons (Fsp3) is 0. The lowest BCUT2D eigenvalue weighted by molar-refractivity contribution is -0.112. The summed E-state index contributed by atoms with van der Waals surface area (Å²) in [6, 6.07) is 1.10. The van der Waals surface area contributed by atoms with Crippen LogP contribution in [0.2, 0.25) is 0 Å². The van der Waals surface area contributed by atoms with Crippen molar-refractivity contribution in [1.82, 2.24) is 4.98 Å². The first-order valence-corrected chi connectivity index (χ1v) is 5.74. The lowest BCUT2D eigenvalue weighted by Gasteiger charge is -1.90. The number of rotatable bonds is 1. The van der Waals surface area contributed by atoms with Gasteiger partial charge in [0.05, 0.1) is 5.69 Å². The van der Waals surface area contributed by atoms with Gasteiger partial charge in [0.1, 0.15) is 5.69 Å². The molecular weight excluding hydrogens is 232 g/mol. The first kappa shape index (κ1) is 9.22. The molecule has 6 nitrogen and oxygen atoms in total. The van der Waals surface area contributed by atoms with Crippen LogP contribution in [0.1, 0.15) is 10.5 Å². The van der Waals surface area contributed by atoms with Gasteiger partial charge in [-0.3, -0.25) is 9.59 Å². The Hall–Kier alpha value is -1.34. The van der Waals surface area contributed by atoms with Gasteiger partial charge in [0.15, 0.2) is 5.03 Å². The maximum absolute atomic E-state index is 11.1. The highest BCUT2D eigenvalue weighted by atomic mass is 35.7. The lowest BCUT2D eigenvalue weighted by atomic mass is 10.3. The van der Waals surface area contributed by atoms with E-state index in [-0.39, 0.29) is 16.4 Å². The molecule has 0 bridgehead atoms. The molecule has 1 amide bonds. The topological polar surface area (TPSA) is 96.1 Å². The van der Waals surface area contributed by atoms with Gasteiger partial charge in [-0.1, -0.05) is 0 Å². The molecule has 2 heterocycles. The molecule has 0 saturated heterocycles. The van der Waals surface area contributed by atoms with Gasteiger partial charge in [0.25, 0.3) is 20.7 Å². The number of ketones is 1. The van der Waals surface area contributed by atoms with Crippen molar-refractivity contribution in [2.45, 2.75) is 5.03 Å². The van der Waals surface area contributed by atoms with Crippen molar-refractivity contribution in [3.05, 3.63) is 11.8 Å². The van der Waals surface area contributed by atoms with Crippen LogP contribution in [-0.4, -0.2) is 25.1 Å². The maximum atomic E-state index is 11.1. The summed E-state index contributed by atoms with van der Waals surface area (Å²) in [7, 11) is 1.12. The molecular formula is C6H3ClN2O4S. The summed E-state index contributed by atoms with van der Waals surface area (Å²) in [5.41, 5.74) is 0.0634. The van der Waals surface area contributed by atoms with Gasteiger partial charge in [-0.05, 0) is 0 Å². The number of halogens is 1. The zero-order valence-corrected chi connectivity index (χ0v) is 8.07. The van der Waals surface area contributed by atoms with Gasteiger partial charge in [-0.15, -0.1) is 0 Å². The number of anilines is 1. The molecule has 0 saturated carbocycles. The number of carbonyl (C=O) groups is 2. The van der Waals surface area contributed by atoms with Crippen LogP contribution in [0.25, 0.3) is 0 Å². The van der Waals surface area contributed by atoms with Crippen LogP contribution in [0.5, 0.6) is 0 Å². The quantitative estimate of drug-likeness (QED) is 0.531. The maximum Gasteiger partial charge on any atom is 0.298 e. The third-order valence-corrected chi connectivity index (χ3v) is 2.98. The predicted molar refractivity (Wildman–Crippen MR) is 46.8 cm³/mol. The van der Waals surface area contributed by atoms with E-state index >= 15 is 0 Å². The minimum Gasteiger partial charge on any atom is -0.340 e. The van der Waals surface area contributed by atoms with E-state index in [9.17, 15) is 18.0 Å². The second-order valence-electron chi connectivity index (χ2n) is 2.64. The number of fused-ring (bicyclic) bond motifs is 1. The molecule has 0 atom stereocenters. The second-order valence-corrected chi connectivity index (χ2v) is 5.18. The number of carbonyl (C=O) groups excluding carboxylic acids is 2. The van der Waals surface area contributed by atoms with Gasteiger partial charge >= 0.3 is 0 Å². The van der Waals surface area contributed by atoms with Crippen LogP contribution in [0, 0.1) is 0 Å². The number of hydrogen-bond acceptors (Lipinski definition) is 4. The van der Waals surface area contributed by atoms with Gasteiger partial charge in [-0.2, -0.15) is 0 Å². The Morgan fingerprint density at radius 2 is 1.93 bits per heavy atom. The summed E-state index contributed by atoms with van der Waals surface area (Å²) >= 11 is 0. The van der Waals surface area contributed by atoms with E-state index < -0.39 is 20.7 Å². The Morgan fingerprint density at radius 3 is 2.43 bits per heavy atom. The van der Waals surface area contributed by atoms with Crippen molar-refractivity contribution in [2.75, 3.05) is 5.32 Å². The number of hydrogen-bond donors (Lipinski definition) is 2. The highest BCUT2D eigenvalue weighted by molar-refractivity contribution is 8.13. The van der Waals surface area contributed by atoms with Crippen LogP contribution in [0.15, 0.2) is 11.1 Å². The monoisotopic (exact) mass is 234 g/mol. The molecule has 2 N–H and O–H groups in total. The Morgan fingerprint density at radius 1 is 1.29 bits per heavy atom. The van der Waals surface area contributed by atoms with E-state index in [4.69, 9.17) is 10.7 Å².